The molecule has 2 aromatic rings. The summed E-state index contributed by atoms with van der Waals surface area (Å²) in [7, 11) is -4.14. The highest BCUT2D eigenvalue weighted by Crippen LogP contribution is 2.14. The third-order valence-corrected chi connectivity index (χ3v) is 5.19. The first-order valence-corrected chi connectivity index (χ1v) is 11.0. The first-order chi connectivity index (χ1) is 14.5. The minimum atomic E-state index is -4.14. The van der Waals surface area contributed by atoms with Gasteiger partial charge in [0.05, 0.1) is 11.5 Å². The fourth-order valence-corrected chi connectivity index (χ4v) is 3.30. The predicted octanol–water partition coefficient (Wildman–Crippen LogP) is 3.34. The molecule has 0 aliphatic rings. The van der Waals surface area contributed by atoms with Crippen LogP contribution in [0.3, 0.4) is 0 Å². The summed E-state index contributed by atoms with van der Waals surface area (Å²) < 4.78 is 40.3. The van der Waals surface area contributed by atoms with Gasteiger partial charge in [-0.15, -0.1) is 0 Å². The lowest BCUT2D eigenvalue weighted by Gasteiger charge is -2.23. The van der Waals surface area contributed by atoms with Gasteiger partial charge in [0.25, 0.3) is 10.1 Å². The first-order valence-electron chi connectivity index (χ1n) is 9.62. The number of hydrogen-bond donors (Lipinski definition) is 1. The van der Waals surface area contributed by atoms with Crippen molar-refractivity contribution in [2.24, 2.45) is 0 Å². The van der Waals surface area contributed by atoms with E-state index < -0.39 is 40.4 Å². The lowest BCUT2D eigenvalue weighted by atomic mass is 10.2. The Morgan fingerprint density at radius 1 is 1.00 bits per heavy atom. The Kier molecular flexibility index (Phi) is 8.18. The minimum absolute atomic E-state index is 0.0448. The predicted molar refractivity (Wildman–Crippen MR) is 114 cm³/mol. The number of alkyl carbamates (subject to hydrolysis) is 1. The maximum absolute atomic E-state index is 12.5. The van der Waals surface area contributed by atoms with Gasteiger partial charge in [0.1, 0.15) is 12.2 Å². The highest BCUT2D eigenvalue weighted by molar-refractivity contribution is 7.86. The lowest BCUT2D eigenvalue weighted by molar-refractivity contribution is -0.148. The van der Waals surface area contributed by atoms with E-state index in [2.05, 4.69) is 5.32 Å². The molecule has 0 heterocycles. The van der Waals surface area contributed by atoms with Crippen LogP contribution in [0.5, 0.6) is 0 Å². The van der Waals surface area contributed by atoms with Crippen LogP contribution in [-0.2, 0) is 35.2 Å². The van der Waals surface area contributed by atoms with Crippen molar-refractivity contribution >= 4 is 22.2 Å². The van der Waals surface area contributed by atoms with E-state index in [9.17, 15) is 18.0 Å². The SMILES string of the molecule is Cc1ccc(S(=O)(=O)OCC(NC(=O)OC(C)(C)C)C(=O)OCc2ccccc2)cc1. The molecule has 1 atom stereocenters. The fraction of sp³-hybridized carbons (Fsp3) is 0.364. The van der Waals surface area contributed by atoms with Gasteiger partial charge < -0.3 is 14.8 Å². The Morgan fingerprint density at radius 2 is 1.61 bits per heavy atom. The molecule has 1 amide bonds. The zero-order valence-electron chi connectivity index (χ0n) is 18.0. The van der Waals surface area contributed by atoms with Crippen LogP contribution < -0.4 is 5.32 Å². The summed E-state index contributed by atoms with van der Waals surface area (Å²) in [4.78, 5) is 24.6. The quantitative estimate of drug-likeness (QED) is 0.486. The molecule has 0 saturated heterocycles. The van der Waals surface area contributed by atoms with Crippen LogP contribution in [0.25, 0.3) is 0 Å². The zero-order chi connectivity index (χ0) is 23.1. The van der Waals surface area contributed by atoms with Gasteiger partial charge in [-0.05, 0) is 45.4 Å². The maximum Gasteiger partial charge on any atom is 0.408 e. The second-order valence-corrected chi connectivity index (χ2v) is 9.46. The molecule has 0 aromatic heterocycles. The summed E-state index contributed by atoms with van der Waals surface area (Å²) in [5.41, 5.74) is 0.810. The molecule has 0 fully saturated rings. The number of nitrogens with one attached hydrogen (secondary N) is 1. The smallest absolute Gasteiger partial charge is 0.408 e. The minimum Gasteiger partial charge on any atom is -0.459 e. The van der Waals surface area contributed by atoms with Gasteiger partial charge in [0.2, 0.25) is 0 Å². The monoisotopic (exact) mass is 449 g/mol. The van der Waals surface area contributed by atoms with Gasteiger partial charge in [-0.1, -0.05) is 48.0 Å². The van der Waals surface area contributed by atoms with Crippen molar-refractivity contribution in [2.45, 2.75) is 50.8 Å². The molecular formula is C22H27NO7S. The van der Waals surface area contributed by atoms with E-state index in [4.69, 9.17) is 13.7 Å². The third kappa shape index (κ3) is 8.39. The van der Waals surface area contributed by atoms with Gasteiger partial charge in [-0.2, -0.15) is 8.42 Å². The summed E-state index contributed by atoms with van der Waals surface area (Å²) in [5.74, 6) is -0.853. The normalized spacial score (nSPS) is 12.6. The van der Waals surface area contributed by atoms with Crippen LogP contribution in [0.1, 0.15) is 31.9 Å². The first kappa shape index (κ1) is 24.4. The van der Waals surface area contributed by atoms with Crippen molar-refractivity contribution in [1.82, 2.24) is 5.32 Å². The van der Waals surface area contributed by atoms with Crippen LogP contribution in [0.2, 0.25) is 0 Å². The molecule has 31 heavy (non-hydrogen) atoms. The Balaban J connectivity index is 2.09. The van der Waals surface area contributed by atoms with E-state index in [1.807, 2.05) is 13.0 Å². The van der Waals surface area contributed by atoms with Crippen LogP contribution in [0.15, 0.2) is 59.5 Å². The summed E-state index contributed by atoms with van der Waals surface area (Å²) in [6.45, 7) is 6.11. The van der Waals surface area contributed by atoms with E-state index >= 15 is 0 Å². The number of ether oxygens (including phenoxy) is 2. The van der Waals surface area contributed by atoms with Crippen molar-refractivity contribution in [3.05, 3.63) is 65.7 Å². The fourth-order valence-electron chi connectivity index (χ4n) is 2.38. The highest BCUT2D eigenvalue weighted by atomic mass is 32.2. The van der Waals surface area contributed by atoms with Crippen molar-refractivity contribution in [3.63, 3.8) is 0 Å². The van der Waals surface area contributed by atoms with E-state index in [1.54, 1.807) is 57.2 Å². The number of esters is 1. The van der Waals surface area contributed by atoms with Crippen molar-refractivity contribution in [2.75, 3.05) is 6.61 Å². The maximum atomic E-state index is 12.5. The average molecular weight is 450 g/mol. The van der Waals surface area contributed by atoms with Gasteiger partial charge in [-0.25, -0.2) is 9.59 Å². The Hall–Kier alpha value is -2.91. The zero-order valence-corrected chi connectivity index (χ0v) is 18.8. The number of benzene rings is 2. The standard InChI is InChI=1S/C22H27NO7S/c1-16-10-12-18(13-11-16)31(26,27)29-15-19(23-21(25)30-22(2,3)4)20(24)28-14-17-8-6-5-7-9-17/h5-13,19H,14-15H2,1-4H3,(H,23,25). The molecule has 2 rings (SSSR count). The molecule has 0 aliphatic carbocycles. The Morgan fingerprint density at radius 3 is 2.19 bits per heavy atom. The molecule has 0 spiro atoms. The summed E-state index contributed by atoms with van der Waals surface area (Å²) >= 11 is 0. The molecule has 168 valence electrons. The molecule has 1 N–H and O–H groups in total. The summed E-state index contributed by atoms with van der Waals surface area (Å²) in [6, 6.07) is 13.6. The van der Waals surface area contributed by atoms with Crippen molar-refractivity contribution < 1.29 is 31.7 Å². The second-order valence-electron chi connectivity index (χ2n) is 7.84. The molecule has 2 aromatic carbocycles. The van der Waals surface area contributed by atoms with E-state index in [0.717, 1.165) is 11.1 Å². The number of rotatable bonds is 8. The Bertz CT molecular complexity index is 981. The third-order valence-electron chi connectivity index (χ3n) is 3.90. The van der Waals surface area contributed by atoms with Crippen LogP contribution in [-0.4, -0.2) is 38.7 Å². The summed E-state index contributed by atoms with van der Waals surface area (Å²) in [5, 5.41) is 2.32. The lowest BCUT2D eigenvalue weighted by Crippen LogP contribution is -2.47. The molecule has 8 nitrogen and oxygen atoms in total. The highest BCUT2D eigenvalue weighted by Gasteiger charge is 2.28. The molecule has 0 radical (unpaired) electrons. The number of carbonyl (C=O) groups is 2. The van der Waals surface area contributed by atoms with Crippen molar-refractivity contribution in [1.29, 1.82) is 0 Å². The molecule has 9 heteroatoms. The van der Waals surface area contributed by atoms with Gasteiger partial charge in [0, 0.05) is 0 Å². The van der Waals surface area contributed by atoms with Crippen LogP contribution in [0, 0.1) is 6.92 Å². The molecule has 0 bridgehead atoms. The van der Waals surface area contributed by atoms with Gasteiger partial charge in [-0.3, -0.25) is 4.18 Å². The van der Waals surface area contributed by atoms with Gasteiger partial charge >= 0.3 is 12.1 Å². The van der Waals surface area contributed by atoms with Crippen LogP contribution in [0.4, 0.5) is 4.79 Å². The summed E-state index contributed by atoms with van der Waals surface area (Å²) in [6.07, 6.45) is -0.898. The number of hydrogen-bond acceptors (Lipinski definition) is 7. The number of carbonyl (C=O) groups excluding carboxylic acids is 2. The van der Waals surface area contributed by atoms with E-state index in [-0.39, 0.29) is 11.5 Å². The largest absolute Gasteiger partial charge is 0.459 e. The van der Waals surface area contributed by atoms with E-state index in [1.165, 1.54) is 12.1 Å². The Labute approximate surface area is 182 Å². The number of amides is 1. The van der Waals surface area contributed by atoms with Gasteiger partial charge in [0.15, 0.2) is 6.04 Å². The molecule has 1 unspecified atom stereocenters. The average Bonchev–Trinajstić information content (AvgIpc) is 2.69. The number of aryl methyl sites for hydroxylation is 1. The molecular weight excluding hydrogens is 422 g/mol. The van der Waals surface area contributed by atoms with Crippen molar-refractivity contribution in [3.8, 4) is 0 Å². The van der Waals surface area contributed by atoms with E-state index in [0.29, 0.717) is 0 Å². The second kappa shape index (κ2) is 10.4. The molecule has 0 saturated carbocycles. The van der Waals surface area contributed by atoms with Crippen LogP contribution >= 0.6 is 0 Å². The molecule has 0 aliphatic heterocycles. The topological polar surface area (TPSA) is 108 Å².